The Morgan fingerprint density at radius 2 is 2.42 bits per heavy atom. The van der Waals surface area contributed by atoms with Gasteiger partial charge in [-0.2, -0.15) is 10.4 Å². The van der Waals surface area contributed by atoms with Crippen molar-refractivity contribution in [2.24, 2.45) is 5.92 Å². The summed E-state index contributed by atoms with van der Waals surface area (Å²) in [5, 5.41) is 14.5. The highest BCUT2D eigenvalue weighted by molar-refractivity contribution is 4.92. The Morgan fingerprint density at radius 3 is 2.75 bits per heavy atom. The third-order valence-electron chi connectivity index (χ3n) is 1.64. The van der Waals surface area contributed by atoms with E-state index in [1.807, 2.05) is 19.9 Å². The highest BCUT2D eigenvalue weighted by Crippen LogP contribution is 2.12. The summed E-state index contributed by atoms with van der Waals surface area (Å²) in [5.74, 6) is 0.102. The fraction of sp³-hybridized carbons (Fsp3) is 0.571. The van der Waals surface area contributed by atoms with Crippen LogP contribution in [0.15, 0.2) is 11.1 Å². The predicted octanol–water partition coefficient (Wildman–Crippen LogP) is 0.292. The van der Waals surface area contributed by atoms with E-state index in [-0.39, 0.29) is 11.6 Å². The molecule has 0 aliphatic carbocycles. The smallest absolute Gasteiger partial charge is 0.265 e. The van der Waals surface area contributed by atoms with Crippen molar-refractivity contribution in [2.75, 3.05) is 0 Å². The van der Waals surface area contributed by atoms with Gasteiger partial charge in [-0.05, 0) is 5.92 Å². The molecular formula is C7H10N4O. The molecule has 0 amide bonds. The van der Waals surface area contributed by atoms with Crippen molar-refractivity contribution in [1.82, 2.24) is 14.8 Å². The van der Waals surface area contributed by atoms with Gasteiger partial charge in [-0.25, -0.2) is 9.89 Å². The Kier molecular flexibility index (Phi) is 2.29. The molecule has 1 atom stereocenters. The molecule has 0 fully saturated rings. The Labute approximate surface area is 69.6 Å². The SMILES string of the molecule is CC(C)C(C#N)n1cn[nH]c1=O. The number of hydrogen-bond acceptors (Lipinski definition) is 3. The van der Waals surface area contributed by atoms with Crippen molar-refractivity contribution in [2.45, 2.75) is 19.9 Å². The molecule has 12 heavy (non-hydrogen) atoms. The average molecular weight is 166 g/mol. The molecule has 0 saturated carbocycles. The lowest BCUT2D eigenvalue weighted by molar-refractivity contribution is 0.449. The fourth-order valence-electron chi connectivity index (χ4n) is 0.987. The number of nitriles is 1. The monoisotopic (exact) mass is 166 g/mol. The molecule has 1 aromatic rings. The summed E-state index contributed by atoms with van der Waals surface area (Å²) in [5.41, 5.74) is -0.338. The van der Waals surface area contributed by atoms with Gasteiger partial charge in [0.05, 0.1) is 6.07 Å². The minimum Gasteiger partial charge on any atom is -0.265 e. The number of nitrogens with zero attached hydrogens (tertiary/aromatic N) is 3. The second-order valence-electron chi connectivity index (χ2n) is 2.89. The quantitative estimate of drug-likeness (QED) is 0.686. The number of rotatable bonds is 2. The summed E-state index contributed by atoms with van der Waals surface area (Å²) in [6.07, 6.45) is 1.34. The highest BCUT2D eigenvalue weighted by atomic mass is 16.1. The Morgan fingerprint density at radius 1 is 1.75 bits per heavy atom. The van der Waals surface area contributed by atoms with E-state index in [4.69, 9.17) is 5.26 Å². The third kappa shape index (κ3) is 1.37. The lowest BCUT2D eigenvalue weighted by atomic mass is 10.1. The lowest BCUT2D eigenvalue weighted by Crippen LogP contribution is -2.24. The maximum Gasteiger partial charge on any atom is 0.344 e. The summed E-state index contributed by atoms with van der Waals surface area (Å²) in [7, 11) is 0. The molecule has 0 spiro atoms. The molecule has 1 heterocycles. The van der Waals surface area contributed by atoms with Gasteiger partial charge < -0.3 is 0 Å². The van der Waals surface area contributed by atoms with Crippen LogP contribution < -0.4 is 5.69 Å². The molecule has 0 bridgehead atoms. The van der Waals surface area contributed by atoms with Crippen molar-refractivity contribution in [3.8, 4) is 6.07 Å². The van der Waals surface area contributed by atoms with Crippen LogP contribution in [0.5, 0.6) is 0 Å². The normalized spacial score (nSPS) is 12.8. The van der Waals surface area contributed by atoms with Gasteiger partial charge in [-0.15, -0.1) is 0 Å². The van der Waals surface area contributed by atoms with Crippen LogP contribution >= 0.6 is 0 Å². The zero-order chi connectivity index (χ0) is 9.14. The lowest BCUT2D eigenvalue weighted by Gasteiger charge is -2.11. The van der Waals surface area contributed by atoms with Crippen molar-refractivity contribution in [3.05, 3.63) is 16.8 Å². The Bertz CT molecular complexity index is 343. The summed E-state index contributed by atoms with van der Waals surface area (Å²) in [4.78, 5) is 11.0. The van der Waals surface area contributed by atoms with Crippen LogP contribution in [0.3, 0.4) is 0 Å². The van der Waals surface area contributed by atoms with Crippen molar-refractivity contribution >= 4 is 0 Å². The first-order chi connectivity index (χ1) is 5.66. The highest BCUT2D eigenvalue weighted by Gasteiger charge is 2.15. The summed E-state index contributed by atoms with van der Waals surface area (Å²) in [6, 6.07) is 1.61. The first-order valence-electron chi connectivity index (χ1n) is 3.68. The second kappa shape index (κ2) is 3.22. The van der Waals surface area contributed by atoms with E-state index in [1.54, 1.807) is 0 Å². The Hall–Kier alpha value is -1.57. The van der Waals surface area contributed by atoms with Crippen molar-refractivity contribution in [1.29, 1.82) is 5.26 Å². The molecule has 1 unspecified atom stereocenters. The van der Waals surface area contributed by atoms with E-state index >= 15 is 0 Å². The van der Waals surface area contributed by atoms with Crippen LogP contribution in [0, 0.1) is 17.2 Å². The van der Waals surface area contributed by atoms with Gasteiger partial charge in [0.2, 0.25) is 0 Å². The summed E-state index contributed by atoms with van der Waals surface area (Å²) >= 11 is 0. The summed E-state index contributed by atoms with van der Waals surface area (Å²) < 4.78 is 1.30. The van der Waals surface area contributed by atoms with Gasteiger partial charge in [-0.1, -0.05) is 13.8 Å². The number of aromatic nitrogens is 3. The molecular weight excluding hydrogens is 156 g/mol. The van der Waals surface area contributed by atoms with Gasteiger partial charge in [0.25, 0.3) is 0 Å². The topological polar surface area (TPSA) is 74.5 Å². The molecule has 64 valence electrons. The minimum absolute atomic E-state index is 0.102. The van der Waals surface area contributed by atoms with Crippen LogP contribution in [0.2, 0.25) is 0 Å². The van der Waals surface area contributed by atoms with Crippen molar-refractivity contribution in [3.63, 3.8) is 0 Å². The van der Waals surface area contributed by atoms with Gasteiger partial charge in [0.15, 0.2) is 0 Å². The number of aromatic amines is 1. The van der Waals surface area contributed by atoms with Gasteiger partial charge in [-0.3, -0.25) is 4.57 Å². The zero-order valence-electron chi connectivity index (χ0n) is 6.98. The van der Waals surface area contributed by atoms with Gasteiger partial charge in [0.1, 0.15) is 12.4 Å². The van der Waals surface area contributed by atoms with E-state index in [2.05, 4.69) is 10.2 Å². The molecule has 0 aliphatic heterocycles. The molecule has 1 aromatic heterocycles. The second-order valence-corrected chi connectivity index (χ2v) is 2.89. The molecule has 0 aromatic carbocycles. The maximum atomic E-state index is 11.0. The molecule has 5 nitrogen and oxygen atoms in total. The van der Waals surface area contributed by atoms with Crippen LogP contribution in [0.25, 0.3) is 0 Å². The third-order valence-corrected chi connectivity index (χ3v) is 1.64. The molecule has 0 saturated heterocycles. The van der Waals surface area contributed by atoms with Crippen LogP contribution in [-0.2, 0) is 0 Å². The van der Waals surface area contributed by atoms with Crippen LogP contribution in [0.1, 0.15) is 19.9 Å². The first kappa shape index (κ1) is 8.53. The predicted molar refractivity (Wildman–Crippen MR) is 42.3 cm³/mol. The average Bonchev–Trinajstić information content (AvgIpc) is 2.38. The molecule has 1 rings (SSSR count). The standard InChI is InChI=1S/C7H10N4O/c1-5(2)6(3-8)11-4-9-10-7(11)12/h4-6H,1-2H3,(H,10,12). The van der Waals surface area contributed by atoms with Crippen molar-refractivity contribution < 1.29 is 0 Å². The Balaban J connectivity index is 3.05. The van der Waals surface area contributed by atoms with Crippen LogP contribution in [-0.4, -0.2) is 14.8 Å². The number of hydrogen-bond donors (Lipinski definition) is 1. The minimum atomic E-state index is -0.434. The van der Waals surface area contributed by atoms with E-state index in [9.17, 15) is 4.79 Å². The molecule has 5 heteroatoms. The number of nitrogens with one attached hydrogen (secondary N) is 1. The molecule has 0 aliphatic rings. The molecule has 0 radical (unpaired) electrons. The van der Waals surface area contributed by atoms with E-state index in [0.29, 0.717) is 0 Å². The van der Waals surface area contributed by atoms with E-state index in [1.165, 1.54) is 10.9 Å². The van der Waals surface area contributed by atoms with E-state index < -0.39 is 6.04 Å². The first-order valence-corrected chi connectivity index (χ1v) is 3.68. The van der Waals surface area contributed by atoms with Crippen LogP contribution in [0.4, 0.5) is 0 Å². The van der Waals surface area contributed by atoms with Gasteiger partial charge >= 0.3 is 5.69 Å². The number of H-pyrrole nitrogens is 1. The maximum absolute atomic E-state index is 11.0. The van der Waals surface area contributed by atoms with E-state index in [0.717, 1.165) is 0 Å². The van der Waals surface area contributed by atoms with Gasteiger partial charge in [0, 0.05) is 0 Å². The fourth-order valence-corrected chi connectivity index (χ4v) is 0.987. The summed E-state index contributed by atoms with van der Waals surface area (Å²) in [6.45, 7) is 3.76. The zero-order valence-corrected chi connectivity index (χ0v) is 6.98. The molecule has 1 N–H and O–H groups in total. The largest absolute Gasteiger partial charge is 0.344 e.